The lowest BCUT2D eigenvalue weighted by atomic mass is 10.1. The number of H-pyrrole nitrogens is 1. The quantitative estimate of drug-likeness (QED) is 0.713. The van der Waals surface area contributed by atoms with Crippen molar-refractivity contribution >= 4 is 5.82 Å². The lowest BCUT2D eigenvalue weighted by molar-refractivity contribution is 0.787. The maximum atomic E-state index is 5.71. The first-order valence-corrected chi connectivity index (χ1v) is 4.62. The maximum absolute atomic E-state index is 5.71. The van der Waals surface area contributed by atoms with E-state index in [0.717, 1.165) is 18.8 Å². The Morgan fingerprint density at radius 1 is 1.58 bits per heavy atom. The van der Waals surface area contributed by atoms with E-state index in [4.69, 9.17) is 5.73 Å². The number of rotatable bonds is 3. The molecule has 0 aliphatic heterocycles. The van der Waals surface area contributed by atoms with E-state index in [1.54, 1.807) is 0 Å². The van der Waals surface area contributed by atoms with Crippen LogP contribution in [0.15, 0.2) is 0 Å². The van der Waals surface area contributed by atoms with Crippen LogP contribution in [0.25, 0.3) is 0 Å². The SMILES string of the molecule is CCc1c(N)n[nH]c1CC1CC1. The van der Waals surface area contributed by atoms with E-state index in [0.29, 0.717) is 5.82 Å². The van der Waals surface area contributed by atoms with E-state index in [2.05, 4.69) is 17.1 Å². The van der Waals surface area contributed by atoms with Crippen LogP contribution in [0.4, 0.5) is 5.82 Å². The molecule has 1 aliphatic rings. The standard InChI is InChI=1S/C9H15N3/c1-2-7-8(5-6-3-4-6)11-12-9(7)10/h6H,2-5H2,1H3,(H3,10,11,12). The van der Waals surface area contributed by atoms with Crippen LogP contribution in [0.1, 0.15) is 31.0 Å². The minimum atomic E-state index is 0.688. The smallest absolute Gasteiger partial charge is 0.148 e. The predicted octanol–water partition coefficient (Wildman–Crippen LogP) is 1.51. The van der Waals surface area contributed by atoms with E-state index in [1.807, 2.05) is 0 Å². The Morgan fingerprint density at radius 2 is 2.33 bits per heavy atom. The number of nitrogen functional groups attached to an aromatic ring is 1. The fourth-order valence-corrected chi connectivity index (χ4v) is 1.59. The summed E-state index contributed by atoms with van der Waals surface area (Å²) in [4.78, 5) is 0. The largest absolute Gasteiger partial charge is 0.382 e. The third-order valence-corrected chi connectivity index (χ3v) is 2.53. The van der Waals surface area contributed by atoms with Gasteiger partial charge in [0, 0.05) is 11.3 Å². The second-order valence-corrected chi connectivity index (χ2v) is 3.57. The highest BCUT2D eigenvalue weighted by Crippen LogP contribution is 2.33. The molecule has 0 spiro atoms. The lowest BCUT2D eigenvalue weighted by Crippen LogP contribution is -1.94. The molecule has 0 atom stereocenters. The third-order valence-electron chi connectivity index (χ3n) is 2.53. The van der Waals surface area contributed by atoms with Crippen molar-refractivity contribution < 1.29 is 0 Å². The van der Waals surface area contributed by atoms with Crippen molar-refractivity contribution in [1.29, 1.82) is 0 Å². The van der Waals surface area contributed by atoms with E-state index in [-0.39, 0.29) is 0 Å². The molecule has 3 nitrogen and oxygen atoms in total. The molecule has 0 amide bonds. The highest BCUT2D eigenvalue weighted by Gasteiger charge is 2.23. The Morgan fingerprint density at radius 3 is 2.92 bits per heavy atom. The summed E-state index contributed by atoms with van der Waals surface area (Å²) >= 11 is 0. The maximum Gasteiger partial charge on any atom is 0.148 e. The zero-order chi connectivity index (χ0) is 8.55. The van der Waals surface area contributed by atoms with Gasteiger partial charge < -0.3 is 5.73 Å². The summed E-state index contributed by atoms with van der Waals surface area (Å²) in [6.45, 7) is 2.12. The first kappa shape index (κ1) is 7.65. The molecule has 1 aromatic heterocycles. The Kier molecular flexibility index (Phi) is 1.79. The highest BCUT2D eigenvalue weighted by atomic mass is 15.2. The van der Waals surface area contributed by atoms with Crippen LogP contribution in [0.5, 0.6) is 0 Å². The average Bonchev–Trinajstić information content (AvgIpc) is 2.78. The van der Waals surface area contributed by atoms with Crippen LogP contribution >= 0.6 is 0 Å². The van der Waals surface area contributed by atoms with Gasteiger partial charge in [-0.25, -0.2) is 0 Å². The number of hydrogen-bond donors (Lipinski definition) is 2. The summed E-state index contributed by atoms with van der Waals surface area (Å²) in [6, 6.07) is 0. The summed E-state index contributed by atoms with van der Waals surface area (Å²) < 4.78 is 0. The highest BCUT2D eigenvalue weighted by molar-refractivity contribution is 5.42. The van der Waals surface area contributed by atoms with Crippen molar-refractivity contribution in [3.05, 3.63) is 11.3 Å². The van der Waals surface area contributed by atoms with Gasteiger partial charge in [-0.15, -0.1) is 0 Å². The minimum Gasteiger partial charge on any atom is -0.382 e. The molecule has 12 heavy (non-hydrogen) atoms. The molecule has 0 unspecified atom stereocenters. The minimum absolute atomic E-state index is 0.688. The van der Waals surface area contributed by atoms with Crippen LogP contribution in [-0.4, -0.2) is 10.2 Å². The van der Waals surface area contributed by atoms with Crippen LogP contribution in [0.3, 0.4) is 0 Å². The van der Waals surface area contributed by atoms with Crippen molar-refractivity contribution in [2.45, 2.75) is 32.6 Å². The lowest BCUT2D eigenvalue weighted by Gasteiger charge is -1.98. The van der Waals surface area contributed by atoms with Crippen LogP contribution in [0.2, 0.25) is 0 Å². The fraction of sp³-hybridized carbons (Fsp3) is 0.667. The fourth-order valence-electron chi connectivity index (χ4n) is 1.59. The molecule has 1 aromatic rings. The van der Waals surface area contributed by atoms with Crippen molar-refractivity contribution in [3.63, 3.8) is 0 Å². The summed E-state index contributed by atoms with van der Waals surface area (Å²) in [6.07, 6.45) is 4.89. The van der Waals surface area contributed by atoms with Crippen molar-refractivity contribution in [1.82, 2.24) is 10.2 Å². The molecular formula is C9H15N3. The Labute approximate surface area is 72.4 Å². The summed E-state index contributed by atoms with van der Waals surface area (Å²) in [5.41, 5.74) is 8.19. The number of nitrogens with one attached hydrogen (secondary N) is 1. The molecule has 1 fully saturated rings. The van der Waals surface area contributed by atoms with Crippen LogP contribution < -0.4 is 5.73 Å². The van der Waals surface area contributed by atoms with Gasteiger partial charge in [0.25, 0.3) is 0 Å². The molecule has 2 rings (SSSR count). The zero-order valence-corrected chi connectivity index (χ0v) is 7.43. The first-order valence-electron chi connectivity index (χ1n) is 4.62. The molecule has 1 saturated carbocycles. The molecule has 0 radical (unpaired) electrons. The van der Waals surface area contributed by atoms with Gasteiger partial charge in [-0.2, -0.15) is 5.10 Å². The predicted molar refractivity (Wildman–Crippen MR) is 48.8 cm³/mol. The summed E-state index contributed by atoms with van der Waals surface area (Å²) in [5.74, 6) is 1.59. The molecule has 0 aromatic carbocycles. The van der Waals surface area contributed by atoms with E-state index in [9.17, 15) is 0 Å². The topological polar surface area (TPSA) is 54.7 Å². The van der Waals surface area contributed by atoms with Gasteiger partial charge in [0.2, 0.25) is 0 Å². The Bertz CT molecular complexity index is 273. The van der Waals surface area contributed by atoms with Crippen molar-refractivity contribution in [2.75, 3.05) is 5.73 Å². The molecule has 3 heteroatoms. The van der Waals surface area contributed by atoms with Gasteiger partial charge in [-0.3, -0.25) is 5.10 Å². The number of aromatic nitrogens is 2. The van der Waals surface area contributed by atoms with Gasteiger partial charge in [-0.05, 0) is 31.6 Å². The molecule has 0 bridgehead atoms. The van der Waals surface area contributed by atoms with Gasteiger partial charge in [0.05, 0.1) is 0 Å². The van der Waals surface area contributed by atoms with Gasteiger partial charge >= 0.3 is 0 Å². The van der Waals surface area contributed by atoms with Gasteiger partial charge in [0.15, 0.2) is 0 Å². The monoisotopic (exact) mass is 165 g/mol. The number of aromatic amines is 1. The Balaban J connectivity index is 2.16. The van der Waals surface area contributed by atoms with Crippen LogP contribution in [0, 0.1) is 5.92 Å². The normalized spacial score (nSPS) is 16.8. The Hall–Kier alpha value is -0.990. The number of hydrogen-bond acceptors (Lipinski definition) is 2. The zero-order valence-electron chi connectivity index (χ0n) is 7.43. The number of nitrogens with zero attached hydrogens (tertiary/aromatic N) is 1. The third kappa shape index (κ3) is 1.31. The van der Waals surface area contributed by atoms with Gasteiger partial charge in [0.1, 0.15) is 5.82 Å². The van der Waals surface area contributed by atoms with E-state index >= 15 is 0 Å². The van der Waals surface area contributed by atoms with E-state index in [1.165, 1.54) is 24.1 Å². The summed E-state index contributed by atoms with van der Waals surface area (Å²) in [7, 11) is 0. The molecule has 66 valence electrons. The van der Waals surface area contributed by atoms with E-state index < -0.39 is 0 Å². The summed E-state index contributed by atoms with van der Waals surface area (Å²) in [5, 5.41) is 7.04. The average molecular weight is 165 g/mol. The van der Waals surface area contributed by atoms with Gasteiger partial charge in [-0.1, -0.05) is 6.92 Å². The van der Waals surface area contributed by atoms with Crippen molar-refractivity contribution in [2.24, 2.45) is 5.92 Å². The number of nitrogens with two attached hydrogens (primary N) is 1. The molecule has 0 saturated heterocycles. The molecular weight excluding hydrogens is 150 g/mol. The molecule has 1 heterocycles. The second kappa shape index (κ2) is 2.81. The van der Waals surface area contributed by atoms with Crippen LogP contribution in [-0.2, 0) is 12.8 Å². The molecule has 1 aliphatic carbocycles. The molecule has 3 N–H and O–H groups in total. The second-order valence-electron chi connectivity index (χ2n) is 3.57. The van der Waals surface area contributed by atoms with Crippen molar-refractivity contribution in [3.8, 4) is 0 Å². The number of anilines is 1. The first-order chi connectivity index (χ1) is 5.81.